The number of benzene rings is 1. The number of rotatable bonds is 3. The maximum Gasteiger partial charge on any atom is 0.120 e. The number of piperidine rings is 1. The van der Waals surface area contributed by atoms with Crippen molar-refractivity contribution >= 4 is 0 Å². The molecular formula is C17H26FN. The Bertz CT molecular complexity index is 396. The van der Waals surface area contributed by atoms with E-state index in [-0.39, 0.29) is 5.92 Å². The molecule has 0 aromatic heterocycles. The van der Waals surface area contributed by atoms with Crippen LogP contribution in [0.4, 0.5) is 4.39 Å². The summed E-state index contributed by atoms with van der Waals surface area (Å²) >= 11 is 0. The van der Waals surface area contributed by atoms with Gasteiger partial charge in [-0.15, -0.1) is 0 Å². The molecule has 1 aliphatic rings. The van der Waals surface area contributed by atoms with Crippen molar-refractivity contribution in [3.8, 4) is 0 Å². The van der Waals surface area contributed by atoms with E-state index in [0.29, 0.717) is 18.5 Å². The normalized spacial score (nSPS) is 25.2. The van der Waals surface area contributed by atoms with Crippen LogP contribution in [0.15, 0.2) is 24.3 Å². The summed E-state index contributed by atoms with van der Waals surface area (Å²) in [6.45, 7) is 10.3. The van der Waals surface area contributed by atoms with Gasteiger partial charge in [0.15, 0.2) is 0 Å². The first-order valence-corrected chi connectivity index (χ1v) is 7.47. The molecule has 1 fully saturated rings. The van der Waals surface area contributed by atoms with Crippen molar-refractivity contribution in [2.24, 2.45) is 0 Å². The quantitative estimate of drug-likeness (QED) is 0.784. The molecular weight excluding hydrogens is 237 g/mol. The van der Waals surface area contributed by atoms with E-state index in [0.717, 1.165) is 13.0 Å². The highest BCUT2D eigenvalue weighted by atomic mass is 19.1. The summed E-state index contributed by atoms with van der Waals surface area (Å²) in [6.07, 6.45) is 0.196. The van der Waals surface area contributed by atoms with Crippen molar-refractivity contribution in [1.29, 1.82) is 0 Å². The summed E-state index contributed by atoms with van der Waals surface area (Å²) in [4.78, 5) is 2.24. The molecule has 0 aliphatic carbocycles. The molecule has 2 heteroatoms. The number of halogens is 1. The van der Waals surface area contributed by atoms with Crippen molar-refractivity contribution in [3.05, 3.63) is 35.4 Å². The molecule has 1 saturated heterocycles. The van der Waals surface area contributed by atoms with Gasteiger partial charge in [0.25, 0.3) is 0 Å². The zero-order valence-corrected chi connectivity index (χ0v) is 12.6. The topological polar surface area (TPSA) is 3.24 Å². The Morgan fingerprint density at radius 1 is 1.11 bits per heavy atom. The van der Waals surface area contributed by atoms with Gasteiger partial charge >= 0.3 is 0 Å². The van der Waals surface area contributed by atoms with Gasteiger partial charge in [-0.3, -0.25) is 4.90 Å². The van der Waals surface area contributed by atoms with E-state index < -0.39 is 6.17 Å². The number of hydrogen-bond acceptors (Lipinski definition) is 1. The summed E-state index contributed by atoms with van der Waals surface area (Å²) in [5.41, 5.74) is 2.50. The number of likely N-dealkylation sites (tertiary alicyclic amines) is 1. The fourth-order valence-electron chi connectivity index (χ4n) is 2.90. The zero-order chi connectivity index (χ0) is 14.0. The first kappa shape index (κ1) is 14.5. The minimum atomic E-state index is -0.735. The smallest absolute Gasteiger partial charge is 0.120 e. The van der Waals surface area contributed by atoms with Crippen LogP contribution >= 0.6 is 0 Å². The van der Waals surface area contributed by atoms with Crippen LogP contribution in [0.3, 0.4) is 0 Å². The third kappa shape index (κ3) is 3.36. The Hall–Kier alpha value is -0.890. The largest absolute Gasteiger partial charge is 0.298 e. The van der Waals surface area contributed by atoms with E-state index in [1.54, 1.807) is 0 Å². The van der Waals surface area contributed by atoms with Crippen molar-refractivity contribution in [2.45, 2.75) is 58.2 Å². The number of nitrogens with zero attached hydrogens (tertiary/aromatic N) is 1. The average molecular weight is 263 g/mol. The summed E-state index contributed by atoms with van der Waals surface area (Å²) < 4.78 is 14.4. The van der Waals surface area contributed by atoms with Crippen LogP contribution in [0.5, 0.6) is 0 Å². The van der Waals surface area contributed by atoms with Gasteiger partial charge in [0.05, 0.1) is 0 Å². The third-order valence-electron chi connectivity index (χ3n) is 4.33. The molecule has 1 aromatic rings. The first-order valence-electron chi connectivity index (χ1n) is 7.47. The fraction of sp³-hybridized carbons (Fsp3) is 0.647. The molecule has 0 amide bonds. The second-order valence-corrected chi connectivity index (χ2v) is 6.32. The van der Waals surface area contributed by atoms with Crippen molar-refractivity contribution < 1.29 is 4.39 Å². The van der Waals surface area contributed by atoms with E-state index in [1.807, 2.05) is 0 Å². The first-order chi connectivity index (χ1) is 8.99. The van der Waals surface area contributed by atoms with Gasteiger partial charge in [-0.2, -0.15) is 0 Å². The van der Waals surface area contributed by atoms with Gasteiger partial charge in [0.2, 0.25) is 0 Å². The van der Waals surface area contributed by atoms with Gasteiger partial charge in [0, 0.05) is 18.5 Å². The molecule has 106 valence electrons. The van der Waals surface area contributed by atoms with Crippen molar-refractivity contribution in [2.75, 3.05) is 13.1 Å². The van der Waals surface area contributed by atoms with Crippen LogP contribution < -0.4 is 0 Å². The summed E-state index contributed by atoms with van der Waals surface area (Å²) in [7, 11) is 0. The zero-order valence-electron chi connectivity index (χ0n) is 12.6. The highest BCUT2D eigenvalue weighted by molar-refractivity contribution is 5.28. The lowest BCUT2D eigenvalue weighted by atomic mass is 9.86. The second-order valence-electron chi connectivity index (χ2n) is 6.32. The van der Waals surface area contributed by atoms with Crippen LogP contribution in [0, 0.1) is 0 Å². The average Bonchev–Trinajstić information content (AvgIpc) is 2.38. The van der Waals surface area contributed by atoms with Crippen LogP contribution in [0.2, 0.25) is 0 Å². The minimum Gasteiger partial charge on any atom is -0.298 e. The molecule has 0 N–H and O–H groups in total. The molecule has 0 spiro atoms. The molecule has 0 saturated carbocycles. The Morgan fingerprint density at radius 2 is 1.74 bits per heavy atom. The highest BCUT2D eigenvalue weighted by Gasteiger charge is 2.31. The van der Waals surface area contributed by atoms with E-state index in [9.17, 15) is 4.39 Å². The lowest BCUT2D eigenvalue weighted by Gasteiger charge is -2.37. The molecule has 0 bridgehead atoms. The standard InChI is InChI=1S/C17H26FN/c1-12(2)14-5-7-15(8-6-14)16-9-10-19(13(3)4)11-17(16)18/h5-8,12-13,16-17H,9-11H2,1-4H3/t16-,17?/m1/s1. The molecule has 1 nitrogen and oxygen atoms in total. The number of alkyl halides is 1. The predicted molar refractivity (Wildman–Crippen MR) is 79.5 cm³/mol. The Labute approximate surface area is 116 Å². The highest BCUT2D eigenvalue weighted by Crippen LogP contribution is 2.32. The van der Waals surface area contributed by atoms with Gasteiger partial charge in [-0.05, 0) is 43.9 Å². The minimum absolute atomic E-state index is 0.0798. The van der Waals surface area contributed by atoms with Crippen LogP contribution in [0.25, 0.3) is 0 Å². The lowest BCUT2D eigenvalue weighted by Crippen LogP contribution is -2.44. The summed E-state index contributed by atoms with van der Waals surface area (Å²) in [6, 6.07) is 9.00. The second kappa shape index (κ2) is 6.04. The summed E-state index contributed by atoms with van der Waals surface area (Å²) in [5, 5.41) is 0. The van der Waals surface area contributed by atoms with Crippen LogP contribution in [-0.2, 0) is 0 Å². The monoisotopic (exact) mass is 263 g/mol. The Balaban J connectivity index is 2.06. The van der Waals surface area contributed by atoms with E-state index in [2.05, 4.69) is 56.9 Å². The van der Waals surface area contributed by atoms with Gasteiger partial charge < -0.3 is 0 Å². The number of hydrogen-bond donors (Lipinski definition) is 0. The Morgan fingerprint density at radius 3 is 2.21 bits per heavy atom. The van der Waals surface area contributed by atoms with Crippen LogP contribution in [0.1, 0.15) is 57.1 Å². The third-order valence-corrected chi connectivity index (χ3v) is 4.33. The van der Waals surface area contributed by atoms with Crippen molar-refractivity contribution in [3.63, 3.8) is 0 Å². The molecule has 19 heavy (non-hydrogen) atoms. The van der Waals surface area contributed by atoms with Crippen LogP contribution in [-0.4, -0.2) is 30.2 Å². The molecule has 1 aliphatic heterocycles. The lowest BCUT2D eigenvalue weighted by molar-refractivity contribution is 0.0940. The van der Waals surface area contributed by atoms with Gasteiger partial charge in [0.1, 0.15) is 6.17 Å². The van der Waals surface area contributed by atoms with Gasteiger partial charge in [-0.25, -0.2) is 4.39 Å². The van der Waals surface area contributed by atoms with E-state index >= 15 is 0 Å². The molecule has 1 aromatic carbocycles. The molecule has 1 unspecified atom stereocenters. The predicted octanol–water partition coefficient (Wildman–Crippen LogP) is 4.35. The maximum absolute atomic E-state index is 14.4. The maximum atomic E-state index is 14.4. The molecule has 1 heterocycles. The molecule has 0 radical (unpaired) electrons. The van der Waals surface area contributed by atoms with Gasteiger partial charge in [-0.1, -0.05) is 38.1 Å². The fourth-order valence-corrected chi connectivity index (χ4v) is 2.90. The van der Waals surface area contributed by atoms with Crippen molar-refractivity contribution in [1.82, 2.24) is 4.90 Å². The SMILES string of the molecule is CC(C)c1ccc([C@H]2CCN(C(C)C)CC2F)cc1. The molecule has 2 atom stereocenters. The summed E-state index contributed by atoms with van der Waals surface area (Å²) in [5.74, 6) is 0.620. The molecule has 2 rings (SSSR count). The van der Waals surface area contributed by atoms with E-state index in [1.165, 1.54) is 11.1 Å². The Kier molecular flexibility index (Phi) is 4.62. The van der Waals surface area contributed by atoms with E-state index in [4.69, 9.17) is 0 Å².